The van der Waals surface area contributed by atoms with Gasteiger partial charge < -0.3 is 4.66 Å². The van der Waals surface area contributed by atoms with Crippen LogP contribution in [0.2, 0.25) is 19.6 Å². The lowest BCUT2D eigenvalue weighted by atomic mass is 10.0. The van der Waals surface area contributed by atoms with E-state index in [0.717, 1.165) is 0 Å². The molecule has 0 amide bonds. The lowest BCUT2D eigenvalue weighted by molar-refractivity contribution is 1.55. The molecule has 2 aromatic carbocycles. The lowest BCUT2D eigenvalue weighted by Gasteiger charge is -2.10. The van der Waals surface area contributed by atoms with E-state index in [0.29, 0.717) is 0 Å². The van der Waals surface area contributed by atoms with Crippen molar-refractivity contribution in [3.63, 3.8) is 0 Å². The zero-order chi connectivity index (χ0) is 13.0. The molecule has 0 aromatic heterocycles. The number of hydrogen-bond donors (Lipinski definition) is 0. The summed E-state index contributed by atoms with van der Waals surface area (Å²) in [6.07, 6.45) is 2.04. The van der Waals surface area contributed by atoms with Gasteiger partial charge in [-0.05, 0) is 36.3 Å². The van der Waals surface area contributed by atoms with Crippen molar-refractivity contribution in [2.75, 3.05) is 0 Å². The molecule has 0 aliphatic heterocycles. The first-order valence-corrected chi connectivity index (χ1v) is 9.71. The number of benzene rings is 2. The third-order valence-corrected chi connectivity index (χ3v) is 3.54. The Morgan fingerprint density at radius 3 is 2.11 bits per heavy atom. The van der Waals surface area contributed by atoms with Crippen molar-refractivity contribution in [2.45, 2.75) is 19.6 Å². The van der Waals surface area contributed by atoms with E-state index in [9.17, 15) is 0 Å². The maximum absolute atomic E-state index is 4.73. The van der Waals surface area contributed by atoms with Gasteiger partial charge in [-0.1, -0.05) is 54.6 Å². The highest BCUT2D eigenvalue weighted by Crippen LogP contribution is 2.22. The zero-order valence-corrected chi connectivity index (χ0v) is 12.2. The van der Waals surface area contributed by atoms with Gasteiger partial charge in [0, 0.05) is 6.21 Å². The first-order valence-electron chi connectivity index (χ1n) is 6.26. The summed E-state index contributed by atoms with van der Waals surface area (Å²) in [5.41, 5.74) is 3.70. The van der Waals surface area contributed by atoms with Gasteiger partial charge in [-0.25, -0.2) is 0 Å². The topological polar surface area (TPSA) is 12.4 Å². The van der Waals surface area contributed by atoms with E-state index in [4.69, 9.17) is 4.66 Å². The van der Waals surface area contributed by atoms with Gasteiger partial charge in [0.1, 0.15) is 0 Å². The van der Waals surface area contributed by atoms with Crippen molar-refractivity contribution in [2.24, 2.45) is 4.66 Å². The molecule has 0 saturated heterocycles. The highest BCUT2D eigenvalue weighted by Gasteiger charge is 2.10. The summed E-state index contributed by atoms with van der Waals surface area (Å²) in [5, 5.41) is 0. The van der Waals surface area contributed by atoms with Crippen LogP contribution in [-0.4, -0.2) is 14.5 Å². The van der Waals surface area contributed by atoms with Crippen molar-refractivity contribution in [1.29, 1.82) is 0 Å². The van der Waals surface area contributed by atoms with Crippen LogP contribution in [0.5, 0.6) is 0 Å². The SMILES string of the molecule is C[Si](C)(C)N=Cc1ccccc1-c1ccccc1. The molecule has 0 bridgehead atoms. The lowest BCUT2D eigenvalue weighted by Crippen LogP contribution is -2.16. The van der Waals surface area contributed by atoms with Gasteiger partial charge in [0.25, 0.3) is 0 Å². The summed E-state index contributed by atoms with van der Waals surface area (Å²) in [5.74, 6) is 0. The fourth-order valence-corrected chi connectivity index (χ4v) is 2.28. The van der Waals surface area contributed by atoms with Crippen LogP contribution in [0.25, 0.3) is 11.1 Å². The first-order chi connectivity index (χ1) is 8.56. The third kappa shape index (κ3) is 3.41. The van der Waals surface area contributed by atoms with E-state index in [1.165, 1.54) is 16.7 Å². The monoisotopic (exact) mass is 253 g/mol. The molecule has 0 fully saturated rings. The van der Waals surface area contributed by atoms with Gasteiger partial charge in [0.15, 0.2) is 8.24 Å². The minimum Gasteiger partial charge on any atom is -0.329 e. The van der Waals surface area contributed by atoms with Gasteiger partial charge in [0.05, 0.1) is 0 Å². The summed E-state index contributed by atoms with van der Waals surface area (Å²) in [4.78, 5) is 0. The summed E-state index contributed by atoms with van der Waals surface area (Å²) in [6, 6.07) is 18.9. The molecule has 0 heterocycles. The second-order valence-corrected chi connectivity index (χ2v) is 9.98. The summed E-state index contributed by atoms with van der Waals surface area (Å²) < 4.78 is 4.73. The Labute approximate surface area is 110 Å². The molecular weight excluding hydrogens is 234 g/mol. The normalized spacial score (nSPS) is 11.9. The molecule has 0 aliphatic carbocycles. The molecule has 18 heavy (non-hydrogen) atoms. The molecule has 0 unspecified atom stereocenters. The fraction of sp³-hybridized carbons (Fsp3) is 0.188. The van der Waals surface area contributed by atoms with Crippen LogP contribution in [0.4, 0.5) is 0 Å². The molecule has 2 aromatic rings. The predicted octanol–water partition coefficient (Wildman–Crippen LogP) is 4.61. The first kappa shape index (κ1) is 12.8. The molecule has 2 heteroatoms. The van der Waals surface area contributed by atoms with Crippen LogP contribution < -0.4 is 0 Å². The van der Waals surface area contributed by atoms with E-state index in [-0.39, 0.29) is 0 Å². The Morgan fingerprint density at radius 2 is 1.44 bits per heavy atom. The van der Waals surface area contributed by atoms with E-state index in [1.54, 1.807) is 0 Å². The Bertz CT molecular complexity index is 539. The van der Waals surface area contributed by atoms with Gasteiger partial charge in [-0.2, -0.15) is 0 Å². The molecule has 0 N–H and O–H groups in total. The Kier molecular flexibility index (Phi) is 3.77. The predicted molar refractivity (Wildman–Crippen MR) is 82.8 cm³/mol. The quantitative estimate of drug-likeness (QED) is 0.559. The Morgan fingerprint density at radius 1 is 0.833 bits per heavy atom. The fourth-order valence-electron chi connectivity index (χ4n) is 1.75. The van der Waals surface area contributed by atoms with Crippen LogP contribution in [0.15, 0.2) is 59.3 Å². The Hall–Kier alpha value is -1.67. The third-order valence-electron chi connectivity index (χ3n) is 2.64. The van der Waals surface area contributed by atoms with Crippen molar-refractivity contribution in [3.8, 4) is 11.1 Å². The number of rotatable bonds is 3. The van der Waals surface area contributed by atoms with Crippen molar-refractivity contribution < 1.29 is 0 Å². The standard InChI is InChI=1S/C16H19NSi/c1-18(2,3)17-13-15-11-7-8-12-16(15)14-9-5-4-6-10-14/h4-13H,1-3H3. The van der Waals surface area contributed by atoms with Gasteiger partial charge in [-0.15, -0.1) is 0 Å². The second kappa shape index (κ2) is 5.32. The number of hydrogen-bond acceptors (Lipinski definition) is 1. The molecule has 0 saturated carbocycles. The molecule has 0 aliphatic rings. The maximum Gasteiger partial charge on any atom is 0.172 e. The zero-order valence-electron chi connectivity index (χ0n) is 11.2. The van der Waals surface area contributed by atoms with E-state index < -0.39 is 8.24 Å². The minimum absolute atomic E-state index is 1.20. The van der Waals surface area contributed by atoms with Gasteiger partial charge >= 0.3 is 0 Å². The van der Waals surface area contributed by atoms with E-state index in [2.05, 4.69) is 68.2 Å². The molecule has 92 valence electrons. The van der Waals surface area contributed by atoms with Gasteiger partial charge in [0.2, 0.25) is 0 Å². The van der Waals surface area contributed by atoms with Crippen LogP contribution in [0, 0.1) is 0 Å². The summed E-state index contributed by atoms with van der Waals surface area (Å²) in [7, 11) is -1.39. The van der Waals surface area contributed by atoms with Gasteiger partial charge in [-0.3, -0.25) is 0 Å². The average molecular weight is 253 g/mol. The second-order valence-electron chi connectivity index (χ2n) is 5.38. The molecule has 0 spiro atoms. The molecular formula is C16H19NSi. The highest BCUT2D eigenvalue weighted by atomic mass is 28.3. The van der Waals surface area contributed by atoms with Crippen LogP contribution in [-0.2, 0) is 0 Å². The van der Waals surface area contributed by atoms with Crippen molar-refractivity contribution in [1.82, 2.24) is 0 Å². The average Bonchev–Trinajstić information content (AvgIpc) is 2.37. The largest absolute Gasteiger partial charge is 0.329 e. The van der Waals surface area contributed by atoms with Crippen LogP contribution in [0.3, 0.4) is 0 Å². The molecule has 0 radical (unpaired) electrons. The number of nitrogens with zero attached hydrogens (tertiary/aromatic N) is 1. The molecule has 0 atom stereocenters. The van der Waals surface area contributed by atoms with E-state index in [1.807, 2.05) is 12.3 Å². The smallest absolute Gasteiger partial charge is 0.172 e. The maximum atomic E-state index is 4.73. The molecule has 2 rings (SSSR count). The van der Waals surface area contributed by atoms with Crippen molar-refractivity contribution in [3.05, 3.63) is 60.2 Å². The summed E-state index contributed by atoms with van der Waals surface area (Å²) in [6.45, 7) is 6.73. The van der Waals surface area contributed by atoms with E-state index >= 15 is 0 Å². The Balaban J connectivity index is 2.41. The van der Waals surface area contributed by atoms with Crippen LogP contribution in [0.1, 0.15) is 5.56 Å². The molecule has 1 nitrogen and oxygen atoms in total. The highest BCUT2D eigenvalue weighted by molar-refractivity contribution is 6.75. The summed E-state index contributed by atoms with van der Waals surface area (Å²) >= 11 is 0. The van der Waals surface area contributed by atoms with Crippen molar-refractivity contribution >= 4 is 14.5 Å². The minimum atomic E-state index is -1.39. The van der Waals surface area contributed by atoms with Crippen LogP contribution >= 0.6 is 0 Å².